The zero-order valence-corrected chi connectivity index (χ0v) is 11.8. The molecular formula is C12H25NO3S. The van der Waals surface area contributed by atoms with Crippen LogP contribution in [0.25, 0.3) is 0 Å². The zero-order chi connectivity index (χ0) is 13.3. The van der Waals surface area contributed by atoms with Crippen molar-refractivity contribution in [2.45, 2.75) is 45.4 Å². The van der Waals surface area contributed by atoms with Crippen LogP contribution < -0.4 is 5.73 Å². The molecule has 0 aromatic rings. The van der Waals surface area contributed by atoms with Gasteiger partial charge in [-0.15, -0.1) is 0 Å². The smallest absolute Gasteiger partial charge is 0.147 e. The van der Waals surface area contributed by atoms with Gasteiger partial charge in [-0.3, -0.25) is 4.79 Å². The fourth-order valence-corrected chi connectivity index (χ4v) is 2.48. The van der Waals surface area contributed by atoms with E-state index in [0.29, 0.717) is 31.7 Å². The van der Waals surface area contributed by atoms with Crippen LogP contribution in [-0.4, -0.2) is 32.8 Å². The zero-order valence-electron chi connectivity index (χ0n) is 10.9. The van der Waals surface area contributed by atoms with Gasteiger partial charge in [-0.25, -0.2) is 8.42 Å². The molecule has 0 aliphatic heterocycles. The lowest BCUT2D eigenvalue weighted by molar-refractivity contribution is -0.119. The molecular weight excluding hydrogens is 238 g/mol. The van der Waals surface area contributed by atoms with E-state index in [1.54, 1.807) is 0 Å². The van der Waals surface area contributed by atoms with Gasteiger partial charge < -0.3 is 5.73 Å². The van der Waals surface area contributed by atoms with Crippen molar-refractivity contribution >= 4 is 15.6 Å². The molecule has 4 nitrogen and oxygen atoms in total. The van der Waals surface area contributed by atoms with Gasteiger partial charge in [0.1, 0.15) is 15.6 Å². The van der Waals surface area contributed by atoms with Crippen molar-refractivity contribution in [1.29, 1.82) is 0 Å². The summed E-state index contributed by atoms with van der Waals surface area (Å²) in [5.74, 6) is 0.807. The molecule has 17 heavy (non-hydrogen) atoms. The van der Waals surface area contributed by atoms with E-state index < -0.39 is 9.84 Å². The summed E-state index contributed by atoms with van der Waals surface area (Å²) in [7, 11) is -2.93. The molecule has 0 heterocycles. The molecule has 0 aliphatic carbocycles. The first-order valence-corrected chi connectivity index (χ1v) is 8.34. The third-order valence-corrected chi connectivity index (χ3v) is 3.98. The summed E-state index contributed by atoms with van der Waals surface area (Å²) in [6.45, 7) is 2.77. The second kappa shape index (κ2) is 8.64. The van der Waals surface area contributed by atoms with Crippen molar-refractivity contribution < 1.29 is 13.2 Å². The molecule has 1 atom stereocenters. The number of Topliss-reactive ketones (excluding diaryl/α,β-unsaturated/α-hetero) is 1. The highest BCUT2D eigenvalue weighted by Gasteiger charge is 2.10. The lowest BCUT2D eigenvalue weighted by atomic mass is 9.95. The summed E-state index contributed by atoms with van der Waals surface area (Å²) in [5.41, 5.74) is 5.49. The topological polar surface area (TPSA) is 77.2 Å². The minimum absolute atomic E-state index is 0.110. The summed E-state index contributed by atoms with van der Waals surface area (Å²) >= 11 is 0. The molecule has 1 unspecified atom stereocenters. The van der Waals surface area contributed by atoms with Gasteiger partial charge in [0.25, 0.3) is 0 Å². The third kappa shape index (κ3) is 10.5. The molecule has 0 aliphatic rings. The highest BCUT2D eigenvalue weighted by Crippen LogP contribution is 2.15. The standard InChI is InChI=1S/C12H25NO3S/c1-3-11(8-9-13)6-7-12(14)5-4-10-17(2,15)16/h11H,3-10,13H2,1-2H3. The predicted octanol–water partition coefficient (Wildman–Crippen LogP) is 1.54. The first-order chi connectivity index (χ1) is 7.89. The fourth-order valence-electron chi connectivity index (χ4n) is 1.81. The quantitative estimate of drug-likeness (QED) is 0.648. The second-order valence-corrected chi connectivity index (χ2v) is 6.92. The Hall–Kier alpha value is -0.420. The van der Waals surface area contributed by atoms with E-state index in [-0.39, 0.29) is 11.5 Å². The molecule has 0 saturated carbocycles. The van der Waals surface area contributed by atoms with Crippen molar-refractivity contribution in [3.8, 4) is 0 Å². The average Bonchev–Trinajstić information content (AvgIpc) is 2.22. The Kier molecular flexibility index (Phi) is 8.43. The maximum absolute atomic E-state index is 11.5. The number of sulfone groups is 1. The molecule has 0 rings (SSSR count). The molecule has 102 valence electrons. The van der Waals surface area contributed by atoms with Crippen LogP contribution >= 0.6 is 0 Å². The third-order valence-electron chi connectivity index (χ3n) is 2.95. The van der Waals surface area contributed by atoms with Crippen molar-refractivity contribution in [3.63, 3.8) is 0 Å². The summed E-state index contributed by atoms with van der Waals surface area (Å²) in [5, 5.41) is 0. The highest BCUT2D eigenvalue weighted by molar-refractivity contribution is 7.90. The summed E-state index contributed by atoms with van der Waals surface area (Å²) < 4.78 is 21.8. The molecule has 2 N–H and O–H groups in total. The van der Waals surface area contributed by atoms with Crippen molar-refractivity contribution in [3.05, 3.63) is 0 Å². The van der Waals surface area contributed by atoms with E-state index in [4.69, 9.17) is 5.73 Å². The Balaban J connectivity index is 3.72. The van der Waals surface area contributed by atoms with Crippen LogP contribution in [-0.2, 0) is 14.6 Å². The fraction of sp³-hybridized carbons (Fsp3) is 0.917. The van der Waals surface area contributed by atoms with Gasteiger partial charge in [-0.2, -0.15) is 0 Å². The van der Waals surface area contributed by atoms with Crippen molar-refractivity contribution in [1.82, 2.24) is 0 Å². The first kappa shape index (κ1) is 16.6. The summed E-state index contributed by atoms with van der Waals surface area (Å²) in [6, 6.07) is 0. The van der Waals surface area contributed by atoms with Crippen LogP contribution in [0.3, 0.4) is 0 Å². The van der Waals surface area contributed by atoms with Crippen LogP contribution in [0.2, 0.25) is 0 Å². The maximum atomic E-state index is 11.5. The maximum Gasteiger partial charge on any atom is 0.147 e. The van der Waals surface area contributed by atoms with Crippen molar-refractivity contribution in [2.75, 3.05) is 18.6 Å². The monoisotopic (exact) mass is 263 g/mol. The van der Waals surface area contributed by atoms with Crippen LogP contribution in [0.5, 0.6) is 0 Å². The van der Waals surface area contributed by atoms with Crippen LogP contribution in [0.15, 0.2) is 0 Å². The molecule has 0 aromatic heterocycles. The van der Waals surface area contributed by atoms with Gasteiger partial charge in [0, 0.05) is 19.1 Å². The highest BCUT2D eigenvalue weighted by atomic mass is 32.2. The molecule has 0 radical (unpaired) electrons. The molecule has 0 saturated heterocycles. The van der Waals surface area contributed by atoms with Gasteiger partial charge in [0.05, 0.1) is 5.75 Å². The van der Waals surface area contributed by atoms with E-state index in [0.717, 1.165) is 19.3 Å². The number of carbonyl (C=O) groups excluding carboxylic acids is 1. The van der Waals surface area contributed by atoms with Crippen molar-refractivity contribution in [2.24, 2.45) is 11.7 Å². The minimum atomic E-state index is -2.93. The molecule has 0 amide bonds. The van der Waals surface area contributed by atoms with Gasteiger partial charge in [-0.1, -0.05) is 13.3 Å². The van der Waals surface area contributed by atoms with Gasteiger partial charge in [-0.05, 0) is 31.7 Å². The number of rotatable bonds is 10. The Labute approximate surface area is 105 Å². The lowest BCUT2D eigenvalue weighted by Gasteiger charge is -2.12. The largest absolute Gasteiger partial charge is 0.330 e. The number of ketones is 1. The molecule has 5 heteroatoms. The second-order valence-electron chi connectivity index (χ2n) is 4.66. The molecule has 0 spiro atoms. The minimum Gasteiger partial charge on any atom is -0.330 e. The predicted molar refractivity (Wildman–Crippen MR) is 70.6 cm³/mol. The molecule has 0 fully saturated rings. The molecule has 0 aromatic carbocycles. The Morgan fingerprint density at radius 1 is 1.24 bits per heavy atom. The van der Waals surface area contributed by atoms with Crippen LogP contribution in [0.1, 0.15) is 45.4 Å². The van der Waals surface area contributed by atoms with E-state index in [1.807, 2.05) is 0 Å². The average molecular weight is 263 g/mol. The Morgan fingerprint density at radius 3 is 2.35 bits per heavy atom. The summed E-state index contributed by atoms with van der Waals surface area (Å²) in [4.78, 5) is 11.5. The van der Waals surface area contributed by atoms with E-state index in [1.165, 1.54) is 6.26 Å². The van der Waals surface area contributed by atoms with Gasteiger partial charge >= 0.3 is 0 Å². The van der Waals surface area contributed by atoms with Gasteiger partial charge in [0.15, 0.2) is 0 Å². The van der Waals surface area contributed by atoms with Gasteiger partial charge in [0.2, 0.25) is 0 Å². The normalized spacial score (nSPS) is 13.6. The SMILES string of the molecule is CCC(CCN)CCC(=O)CCCS(C)(=O)=O. The number of nitrogens with two attached hydrogens (primary N) is 1. The van der Waals surface area contributed by atoms with Crippen LogP contribution in [0, 0.1) is 5.92 Å². The molecule has 0 bridgehead atoms. The number of hydrogen-bond acceptors (Lipinski definition) is 4. The van der Waals surface area contributed by atoms with E-state index in [2.05, 4.69) is 6.92 Å². The Bertz CT molecular complexity index is 312. The van der Waals surface area contributed by atoms with E-state index in [9.17, 15) is 13.2 Å². The van der Waals surface area contributed by atoms with E-state index >= 15 is 0 Å². The van der Waals surface area contributed by atoms with Crippen LogP contribution in [0.4, 0.5) is 0 Å². The summed E-state index contributed by atoms with van der Waals surface area (Å²) in [6.07, 6.45) is 5.48. The first-order valence-electron chi connectivity index (χ1n) is 6.28. The lowest BCUT2D eigenvalue weighted by Crippen LogP contribution is -2.11. The Morgan fingerprint density at radius 2 is 1.88 bits per heavy atom. The number of hydrogen-bond donors (Lipinski definition) is 1. The number of carbonyl (C=O) groups is 1.